The van der Waals surface area contributed by atoms with E-state index in [1.54, 1.807) is 7.05 Å². The van der Waals surface area contributed by atoms with Crippen molar-refractivity contribution in [3.8, 4) is 0 Å². The number of carbonyl (C=O) groups is 1. The Bertz CT molecular complexity index is 887. The average Bonchev–Trinajstić information content (AvgIpc) is 3.22. The van der Waals surface area contributed by atoms with Crippen LogP contribution in [-0.2, 0) is 17.8 Å². The molecule has 2 unspecified atom stereocenters. The predicted octanol–water partition coefficient (Wildman–Crippen LogP) is 3.53. The number of nitrogens with zero attached hydrogens (tertiary/aromatic N) is 3. The number of benzene rings is 1. The quantitative estimate of drug-likeness (QED) is 0.322. The molecule has 8 nitrogen and oxygen atoms in total. The highest BCUT2D eigenvalue weighted by Crippen LogP contribution is 2.15. The molecule has 0 saturated carbocycles. The highest BCUT2D eigenvalue weighted by Gasteiger charge is 2.26. The number of aromatic nitrogens is 1. The molecule has 1 saturated heterocycles. The van der Waals surface area contributed by atoms with Crippen LogP contribution in [0.5, 0.6) is 0 Å². The number of ether oxygens (including phenoxy) is 1. The zero-order valence-electron chi connectivity index (χ0n) is 19.4. The van der Waals surface area contributed by atoms with Gasteiger partial charge in [-0.2, -0.15) is 0 Å². The summed E-state index contributed by atoms with van der Waals surface area (Å²) >= 11 is 0. The van der Waals surface area contributed by atoms with E-state index in [0.717, 1.165) is 17.0 Å². The van der Waals surface area contributed by atoms with Crippen molar-refractivity contribution < 1.29 is 14.1 Å². The largest absolute Gasteiger partial charge is 0.372 e. The molecule has 32 heavy (non-hydrogen) atoms. The van der Waals surface area contributed by atoms with Crippen molar-refractivity contribution in [1.82, 2.24) is 20.7 Å². The molecule has 0 bridgehead atoms. The Hall–Kier alpha value is -2.14. The third-order valence-corrected chi connectivity index (χ3v) is 5.19. The number of guanidine groups is 1. The second kappa shape index (κ2) is 12.2. The molecule has 1 aromatic heterocycles. The number of hydrogen-bond acceptors (Lipinski definition) is 5. The molecule has 0 radical (unpaired) electrons. The number of amides is 1. The number of hydrogen-bond donors (Lipinski definition) is 2. The fraction of sp³-hybridized carbons (Fsp3) is 0.522. The molecule has 0 spiro atoms. The Morgan fingerprint density at radius 1 is 1.16 bits per heavy atom. The lowest BCUT2D eigenvalue weighted by molar-refractivity contribution is -0.0586. The maximum atomic E-state index is 12.8. The first kappa shape index (κ1) is 26.1. The van der Waals surface area contributed by atoms with Gasteiger partial charge in [0.05, 0.1) is 24.4 Å². The molecule has 1 fully saturated rings. The SMILES string of the molecule is CN=C(NCc1ccc(C(=O)N2CC(C)OC(C)C2)cc1)NCc1cc(C(C)C)no1.I. The molecule has 2 aromatic rings. The third kappa shape index (κ3) is 7.19. The van der Waals surface area contributed by atoms with E-state index < -0.39 is 0 Å². The zero-order valence-corrected chi connectivity index (χ0v) is 21.8. The summed E-state index contributed by atoms with van der Waals surface area (Å²) in [6.07, 6.45) is 0.119. The van der Waals surface area contributed by atoms with Crippen molar-refractivity contribution in [3.05, 3.63) is 52.9 Å². The minimum Gasteiger partial charge on any atom is -0.372 e. The Morgan fingerprint density at radius 2 is 1.78 bits per heavy atom. The van der Waals surface area contributed by atoms with Crippen molar-refractivity contribution in [2.45, 2.75) is 58.9 Å². The van der Waals surface area contributed by atoms with Gasteiger partial charge in [0.2, 0.25) is 0 Å². The van der Waals surface area contributed by atoms with E-state index in [1.807, 2.05) is 49.1 Å². The van der Waals surface area contributed by atoms with E-state index in [-0.39, 0.29) is 42.1 Å². The summed E-state index contributed by atoms with van der Waals surface area (Å²) in [5.41, 5.74) is 2.69. The van der Waals surface area contributed by atoms with Crippen LogP contribution in [0.3, 0.4) is 0 Å². The minimum atomic E-state index is 0. The van der Waals surface area contributed by atoms with Crippen molar-refractivity contribution in [1.29, 1.82) is 0 Å². The number of morpholine rings is 1. The Labute approximate surface area is 207 Å². The summed E-state index contributed by atoms with van der Waals surface area (Å²) in [5.74, 6) is 1.81. The van der Waals surface area contributed by atoms with Gasteiger partial charge in [-0.3, -0.25) is 9.79 Å². The zero-order chi connectivity index (χ0) is 22.4. The fourth-order valence-corrected chi connectivity index (χ4v) is 3.55. The number of aliphatic imine (C=N–C) groups is 1. The van der Waals surface area contributed by atoms with Crippen LogP contribution in [0.25, 0.3) is 0 Å². The molecule has 1 aromatic carbocycles. The van der Waals surface area contributed by atoms with Crippen LogP contribution >= 0.6 is 24.0 Å². The van der Waals surface area contributed by atoms with Gasteiger partial charge in [-0.1, -0.05) is 31.1 Å². The van der Waals surface area contributed by atoms with Gasteiger partial charge in [-0.05, 0) is 37.5 Å². The van der Waals surface area contributed by atoms with Gasteiger partial charge in [0.25, 0.3) is 5.91 Å². The molecule has 3 rings (SSSR count). The Morgan fingerprint density at radius 3 is 2.34 bits per heavy atom. The van der Waals surface area contributed by atoms with E-state index in [2.05, 4.69) is 34.6 Å². The highest BCUT2D eigenvalue weighted by atomic mass is 127. The van der Waals surface area contributed by atoms with Crippen LogP contribution in [0.1, 0.15) is 61.0 Å². The van der Waals surface area contributed by atoms with Crippen molar-refractivity contribution in [2.75, 3.05) is 20.1 Å². The summed E-state index contributed by atoms with van der Waals surface area (Å²) < 4.78 is 11.1. The van der Waals surface area contributed by atoms with Crippen molar-refractivity contribution >= 4 is 35.8 Å². The molecule has 2 N–H and O–H groups in total. The van der Waals surface area contributed by atoms with E-state index >= 15 is 0 Å². The molecule has 0 aliphatic carbocycles. The lowest BCUT2D eigenvalue weighted by Gasteiger charge is -2.35. The number of rotatable bonds is 6. The number of halogens is 1. The topological polar surface area (TPSA) is 92.0 Å². The van der Waals surface area contributed by atoms with Crippen molar-refractivity contribution in [2.24, 2.45) is 4.99 Å². The molecule has 1 aliphatic heterocycles. The Kier molecular flexibility index (Phi) is 9.95. The van der Waals surface area contributed by atoms with Gasteiger partial charge < -0.3 is 24.8 Å². The normalized spacial score (nSPS) is 18.9. The van der Waals surface area contributed by atoms with Crippen LogP contribution in [0.2, 0.25) is 0 Å². The maximum Gasteiger partial charge on any atom is 0.254 e. The first-order valence-electron chi connectivity index (χ1n) is 10.8. The monoisotopic (exact) mass is 555 g/mol. The van der Waals surface area contributed by atoms with Crippen LogP contribution in [0.4, 0.5) is 0 Å². The number of carbonyl (C=O) groups excluding carboxylic acids is 1. The lowest BCUT2D eigenvalue weighted by Crippen LogP contribution is -2.48. The van der Waals surface area contributed by atoms with Gasteiger partial charge >= 0.3 is 0 Å². The molecular weight excluding hydrogens is 521 g/mol. The molecule has 2 heterocycles. The minimum absolute atomic E-state index is 0. The highest BCUT2D eigenvalue weighted by molar-refractivity contribution is 14.0. The summed E-state index contributed by atoms with van der Waals surface area (Å²) in [6, 6.07) is 9.64. The van der Waals surface area contributed by atoms with Crippen LogP contribution in [0, 0.1) is 0 Å². The summed E-state index contributed by atoms with van der Waals surface area (Å²) in [7, 11) is 1.72. The van der Waals surface area contributed by atoms with E-state index in [1.165, 1.54) is 0 Å². The third-order valence-electron chi connectivity index (χ3n) is 5.19. The molecule has 2 atom stereocenters. The first-order chi connectivity index (χ1) is 14.9. The average molecular weight is 555 g/mol. The lowest BCUT2D eigenvalue weighted by atomic mass is 10.1. The predicted molar refractivity (Wildman–Crippen MR) is 135 cm³/mol. The molecular formula is C23H34IN5O3. The fourth-order valence-electron chi connectivity index (χ4n) is 3.55. The van der Waals surface area contributed by atoms with E-state index in [4.69, 9.17) is 9.26 Å². The summed E-state index contributed by atoms with van der Waals surface area (Å²) in [5, 5.41) is 10.6. The van der Waals surface area contributed by atoms with Gasteiger partial charge in [0.1, 0.15) is 0 Å². The van der Waals surface area contributed by atoms with Gasteiger partial charge in [0, 0.05) is 38.3 Å². The number of nitrogens with one attached hydrogen (secondary N) is 2. The van der Waals surface area contributed by atoms with E-state index in [0.29, 0.717) is 43.6 Å². The molecule has 1 amide bonds. The smallest absolute Gasteiger partial charge is 0.254 e. The van der Waals surface area contributed by atoms with Gasteiger partial charge in [-0.25, -0.2) is 0 Å². The van der Waals surface area contributed by atoms with Crippen LogP contribution < -0.4 is 10.6 Å². The molecule has 9 heteroatoms. The second-order valence-electron chi connectivity index (χ2n) is 8.32. The van der Waals surface area contributed by atoms with Crippen molar-refractivity contribution in [3.63, 3.8) is 0 Å². The first-order valence-corrected chi connectivity index (χ1v) is 10.8. The van der Waals surface area contributed by atoms with Crippen LogP contribution in [-0.4, -0.2) is 54.3 Å². The van der Waals surface area contributed by atoms with Gasteiger partial charge in [-0.15, -0.1) is 24.0 Å². The summed E-state index contributed by atoms with van der Waals surface area (Å²) in [4.78, 5) is 18.9. The standard InChI is InChI=1S/C23H33N5O3.HI/c1-15(2)21-10-20(31-27-21)12-26-23(24-5)25-11-18-6-8-19(9-7-18)22(29)28-13-16(3)30-17(4)14-28;/h6-10,15-17H,11-14H2,1-5H3,(H2,24,25,26);1H. The van der Waals surface area contributed by atoms with E-state index in [9.17, 15) is 4.79 Å². The molecule has 1 aliphatic rings. The van der Waals surface area contributed by atoms with Gasteiger partial charge in [0.15, 0.2) is 11.7 Å². The maximum absolute atomic E-state index is 12.8. The second-order valence-corrected chi connectivity index (χ2v) is 8.32. The Balaban J connectivity index is 0.00000363. The van der Waals surface area contributed by atoms with Crippen LogP contribution in [0.15, 0.2) is 39.8 Å². The summed E-state index contributed by atoms with van der Waals surface area (Å²) in [6.45, 7) is 10.5. The molecule has 176 valence electrons.